The Morgan fingerprint density at radius 1 is 1.34 bits per heavy atom. The maximum Gasteiger partial charge on any atom is 0.416 e. The molecule has 2 aliphatic heterocycles. The maximum atomic E-state index is 15.0. The van der Waals surface area contributed by atoms with Crippen LogP contribution in [0.2, 0.25) is 0 Å². The fourth-order valence-corrected chi connectivity index (χ4v) is 4.11. The quantitative estimate of drug-likeness (QED) is 0.629. The van der Waals surface area contributed by atoms with Crippen molar-refractivity contribution in [1.29, 1.82) is 5.26 Å². The summed E-state index contributed by atoms with van der Waals surface area (Å²) in [6.45, 7) is 2.00. The lowest BCUT2D eigenvalue weighted by Crippen LogP contribution is -2.51. The number of carbonyl (C=O) groups excluding carboxylic acids is 2. The lowest BCUT2D eigenvalue weighted by atomic mass is 10.1. The van der Waals surface area contributed by atoms with Crippen LogP contribution in [-0.2, 0) is 14.3 Å². The van der Waals surface area contributed by atoms with Gasteiger partial charge in [-0.15, -0.1) is 0 Å². The van der Waals surface area contributed by atoms with Crippen molar-refractivity contribution < 1.29 is 23.5 Å². The molecule has 1 unspecified atom stereocenters. The Morgan fingerprint density at radius 3 is 2.59 bits per heavy atom. The van der Waals surface area contributed by atoms with Gasteiger partial charge in [0.2, 0.25) is 5.91 Å². The first kappa shape index (κ1) is 22.1. The van der Waals surface area contributed by atoms with Gasteiger partial charge in [-0.3, -0.25) is 14.6 Å². The molecule has 3 fully saturated rings. The summed E-state index contributed by atoms with van der Waals surface area (Å²) in [4.78, 5) is 31.3. The fraction of sp³-hybridized carbons (Fsp3) is 0.524. The van der Waals surface area contributed by atoms with Gasteiger partial charge in [-0.05, 0) is 43.3 Å². The molecule has 1 saturated carbocycles. The molecule has 1 aromatic carbocycles. The molecule has 0 aromatic heterocycles. The summed E-state index contributed by atoms with van der Waals surface area (Å²) >= 11 is 5.06. The van der Waals surface area contributed by atoms with Crippen LogP contribution in [0.1, 0.15) is 12.8 Å². The van der Waals surface area contributed by atoms with Crippen molar-refractivity contribution in [3.63, 3.8) is 0 Å². The zero-order chi connectivity index (χ0) is 23.0. The largest absolute Gasteiger partial charge is 0.474 e. The van der Waals surface area contributed by atoms with Crippen molar-refractivity contribution in [2.45, 2.75) is 19.1 Å². The molecule has 2 amide bonds. The van der Waals surface area contributed by atoms with Gasteiger partial charge in [0.05, 0.1) is 31.1 Å². The number of carbonyl (C=O) groups is 2. The number of benzene rings is 1. The van der Waals surface area contributed by atoms with Gasteiger partial charge in [0.15, 0.2) is 6.23 Å². The van der Waals surface area contributed by atoms with Crippen LogP contribution in [0.3, 0.4) is 0 Å². The second kappa shape index (κ2) is 8.43. The standard InChI is InChI=1S/C21H24FN5O4S/c1-24(20(32)30-2)17-12-27(19(29)31-17)14-3-4-16(15(22)11-14)25-7-9-26(10-8-25)18(28)21(13-23)5-6-21/h3-4,11,17H,5-10,12H2,1-2H3. The van der Waals surface area contributed by atoms with E-state index >= 15 is 0 Å². The molecule has 11 heteroatoms. The maximum absolute atomic E-state index is 15.0. The highest BCUT2D eigenvalue weighted by Gasteiger charge is 2.52. The number of methoxy groups -OCH3 is 1. The van der Waals surface area contributed by atoms with E-state index in [0.717, 1.165) is 0 Å². The smallest absolute Gasteiger partial charge is 0.416 e. The van der Waals surface area contributed by atoms with E-state index < -0.39 is 23.6 Å². The predicted octanol–water partition coefficient (Wildman–Crippen LogP) is 1.92. The molecule has 4 rings (SSSR count). The van der Waals surface area contributed by atoms with Crippen molar-refractivity contribution >= 4 is 40.8 Å². The molecule has 2 heterocycles. The minimum absolute atomic E-state index is 0.115. The minimum Gasteiger partial charge on any atom is -0.474 e. The van der Waals surface area contributed by atoms with Crippen LogP contribution in [0.25, 0.3) is 0 Å². The van der Waals surface area contributed by atoms with Crippen LogP contribution in [0, 0.1) is 22.6 Å². The highest BCUT2D eigenvalue weighted by molar-refractivity contribution is 7.80. The first-order chi connectivity index (χ1) is 15.3. The van der Waals surface area contributed by atoms with Crippen molar-refractivity contribution in [3.05, 3.63) is 24.0 Å². The average Bonchev–Trinajstić information content (AvgIpc) is 3.52. The highest BCUT2D eigenvalue weighted by atomic mass is 32.1. The van der Waals surface area contributed by atoms with E-state index in [1.807, 2.05) is 4.90 Å². The molecule has 170 valence electrons. The van der Waals surface area contributed by atoms with Gasteiger partial charge in [0.25, 0.3) is 5.17 Å². The molecule has 32 heavy (non-hydrogen) atoms. The Kier molecular flexibility index (Phi) is 5.81. The van der Waals surface area contributed by atoms with Crippen molar-refractivity contribution in [3.8, 4) is 6.07 Å². The van der Waals surface area contributed by atoms with Gasteiger partial charge >= 0.3 is 6.09 Å². The first-order valence-corrected chi connectivity index (χ1v) is 10.7. The Balaban J connectivity index is 1.40. The number of halogens is 1. The molecule has 3 aliphatic rings. The van der Waals surface area contributed by atoms with Crippen molar-refractivity contribution in [1.82, 2.24) is 9.80 Å². The number of anilines is 2. The Labute approximate surface area is 190 Å². The van der Waals surface area contributed by atoms with E-state index in [1.54, 1.807) is 24.1 Å². The van der Waals surface area contributed by atoms with Crippen molar-refractivity contribution in [2.75, 3.05) is 56.7 Å². The van der Waals surface area contributed by atoms with Gasteiger partial charge < -0.3 is 19.3 Å². The summed E-state index contributed by atoms with van der Waals surface area (Å²) in [5.41, 5.74) is -0.0451. The molecule has 1 aliphatic carbocycles. The van der Waals surface area contributed by atoms with Gasteiger partial charge in [-0.25, -0.2) is 9.18 Å². The zero-order valence-corrected chi connectivity index (χ0v) is 18.7. The van der Waals surface area contributed by atoms with Gasteiger partial charge in [-0.1, -0.05) is 0 Å². The van der Waals surface area contributed by atoms with Gasteiger partial charge in [0.1, 0.15) is 11.2 Å². The molecular formula is C21H24FN5O4S. The predicted molar refractivity (Wildman–Crippen MR) is 117 cm³/mol. The van der Waals surface area contributed by atoms with Gasteiger partial charge in [0, 0.05) is 33.2 Å². The third kappa shape index (κ3) is 3.90. The number of nitrogens with zero attached hydrogens (tertiary/aromatic N) is 5. The second-order valence-corrected chi connectivity index (χ2v) is 8.49. The molecule has 9 nitrogen and oxygen atoms in total. The van der Waals surface area contributed by atoms with Crippen LogP contribution in [-0.4, -0.2) is 80.1 Å². The normalized spacial score (nSPS) is 21.6. The summed E-state index contributed by atoms with van der Waals surface area (Å²) in [6, 6.07) is 6.74. The number of hydrogen-bond acceptors (Lipinski definition) is 7. The zero-order valence-electron chi connectivity index (χ0n) is 17.9. The monoisotopic (exact) mass is 461 g/mol. The molecule has 2 saturated heterocycles. The van der Waals surface area contributed by atoms with Crippen LogP contribution in [0.15, 0.2) is 18.2 Å². The Hall–Kier alpha value is -3.13. The Morgan fingerprint density at radius 2 is 2.03 bits per heavy atom. The summed E-state index contributed by atoms with van der Waals surface area (Å²) < 4.78 is 25.3. The number of rotatable bonds is 4. The Bertz CT molecular complexity index is 987. The van der Waals surface area contributed by atoms with Crippen LogP contribution in [0.4, 0.5) is 20.6 Å². The van der Waals surface area contributed by atoms with E-state index in [-0.39, 0.29) is 17.6 Å². The molecular weight excluding hydrogens is 437 g/mol. The van der Waals surface area contributed by atoms with E-state index in [0.29, 0.717) is 50.4 Å². The van der Waals surface area contributed by atoms with E-state index in [2.05, 4.69) is 6.07 Å². The number of cyclic esters (lactones) is 1. The number of amides is 2. The number of likely N-dealkylation sites (N-methyl/N-ethyl adjacent to an activating group) is 1. The number of thiocarbonyl (C=S) groups is 1. The first-order valence-electron chi connectivity index (χ1n) is 10.3. The number of nitriles is 1. The van der Waals surface area contributed by atoms with Crippen LogP contribution in [0.5, 0.6) is 0 Å². The number of hydrogen-bond donors (Lipinski definition) is 0. The third-order valence-electron chi connectivity index (χ3n) is 6.21. The number of ether oxygens (including phenoxy) is 2. The lowest BCUT2D eigenvalue weighted by molar-refractivity contribution is -0.135. The number of piperazine rings is 1. The second-order valence-electron chi connectivity index (χ2n) is 8.14. The van der Waals surface area contributed by atoms with Crippen LogP contribution >= 0.6 is 12.2 Å². The summed E-state index contributed by atoms with van der Waals surface area (Å²) in [5.74, 6) is -0.578. The fourth-order valence-electron chi connectivity index (χ4n) is 3.99. The minimum atomic E-state index is -0.835. The summed E-state index contributed by atoms with van der Waals surface area (Å²) in [7, 11) is 3.09. The molecule has 0 N–H and O–H groups in total. The third-order valence-corrected chi connectivity index (χ3v) is 6.67. The highest BCUT2D eigenvalue weighted by Crippen LogP contribution is 2.46. The molecule has 0 spiro atoms. The van der Waals surface area contributed by atoms with E-state index in [4.69, 9.17) is 21.7 Å². The van der Waals surface area contributed by atoms with E-state index in [9.17, 15) is 19.2 Å². The molecule has 0 bridgehead atoms. The SMILES string of the molecule is COC(=S)N(C)C1CN(c2ccc(N3CCN(C(=O)C4(C#N)CC4)CC3)c(F)c2)C(=O)O1. The lowest BCUT2D eigenvalue weighted by Gasteiger charge is -2.37. The summed E-state index contributed by atoms with van der Waals surface area (Å²) in [5, 5.41) is 9.42. The molecule has 1 aromatic rings. The molecule has 0 radical (unpaired) electrons. The molecule has 1 atom stereocenters. The van der Waals surface area contributed by atoms with Crippen molar-refractivity contribution in [2.24, 2.45) is 5.41 Å². The van der Waals surface area contributed by atoms with Crippen LogP contribution < -0.4 is 9.80 Å². The van der Waals surface area contributed by atoms with Gasteiger partial charge in [-0.2, -0.15) is 5.26 Å². The van der Waals surface area contributed by atoms with E-state index in [1.165, 1.54) is 23.0 Å². The summed E-state index contributed by atoms with van der Waals surface area (Å²) in [6.07, 6.45) is 0.00901. The average molecular weight is 462 g/mol. The topological polar surface area (TPSA) is 89.4 Å².